The Morgan fingerprint density at radius 1 is 1.43 bits per heavy atom. The second kappa shape index (κ2) is 8.36. The molecule has 5 nitrogen and oxygen atoms in total. The summed E-state index contributed by atoms with van der Waals surface area (Å²) in [6.07, 6.45) is 2.69. The van der Waals surface area contributed by atoms with Gasteiger partial charge in [-0.2, -0.15) is 0 Å². The first kappa shape index (κ1) is 16.3. The molecule has 1 fully saturated rings. The first-order valence-corrected chi connectivity index (χ1v) is 7.94. The molecule has 1 aliphatic heterocycles. The molecule has 0 aromatic heterocycles. The van der Waals surface area contributed by atoms with E-state index in [1.54, 1.807) is 13.2 Å². The summed E-state index contributed by atoms with van der Waals surface area (Å²) < 4.78 is 11.8. The molecular weight excluding hydrogens is 336 g/mol. The Balaban J connectivity index is 1.73. The lowest BCUT2D eigenvalue weighted by molar-refractivity contribution is -0.117. The molecule has 0 spiro atoms. The van der Waals surface area contributed by atoms with E-state index >= 15 is 0 Å². The van der Waals surface area contributed by atoms with Gasteiger partial charge in [0.2, 0.25) is 5.91 Å². The summed E-state index contributed by atoms with van der Waals surface area (Å²) in [4.78, 5) is 11.9. The van der Waals surface area contributed by atoms with Crippen molar-refractivity contribution in [2.45, 2.75) is 25.4 Å². The van der Waals surface area contributed by atoms with Gasteiger partial charge in [0.1, 0.15) is 5.75 Å². The van der Waals surface area contributed by atoms with Crippen LogP contribution >= 0.6 is 15.9 Å². The van der Waals surface area contributed by atoms with E-state index in [4.69, 9.17) is 9.47 Å². The monoisotopic (exact) mass is 356 g/mol. The molecule has 1 amide bonds. The number of amides is 1. The zero-order valence-corrected chi connectivity index (χ0v) is 13.7. The average molecular weight is 357 g/mol. The van der Waals surface area contributed by atoms with Crippen molar-refractivity contribution in [3.8, 4) is 5.75 Å². The summed E-state index contributed by atoms with van der Waals surface area (Å²) in [5, 5.41) is 6.14. The number of halogens is 1. The largest absolute Gasteiger partial charge is 0.495 e. The molecule has 21 heavy (non-hydrogen) atoms. The number of benzene rings is 1. The minimum atomic E-state index is -0.0479. The van der Waals surface area contributed by atoms with Gasteiger partial charge in [-0.1, -0.05) is 0 Å². The molecule has 0 bridgehead atoms. The van der Waals surface area contributed by atoms with Crippen LogP contribution in [0.2, 0.25) is 0 Å². The molecule has 1 aromatic carbocycles. The molecule has 0 unspecified atom stereocenters. The van der Waals surface area contributed by atoms with Gasteiger partial charge in [-0.05, 0) is 54.0 Å². The van der Waals surface area contributed by atoms with Crippen LogP contribution in [0.4, 0.5) is 5.69 Å². The Bertz CT molecular complexity index is 476. The van der Waals surface area contributed by atoms with Crippen LogP contribution in [-0.4, -0.2) is 38.8 Å². The highest BCUT2D eigenvalue weighted by Gasteiger charge is 2.13. The lowest BCUT2D eigenvalue weighted by Crippen LogP contribution is -2.33. The molecule has 2 rings (SSSR count). The third kappa shape index (κ3) is 5.30. The Labute approximate surface area is 133 Å². The van der Waals surface area contributed by atoms with Crippen LogP contribution in [0, 0.1) is 0 Å². The van der Waals surface area contributed by atoms with Crippen molar-refractivity contribution >= 4 is 27.5 Å². The van der Waals surface area contributed by atoms with Crippen molar-refractivity contribution in [1.82, 2.24) is 5.32 Å². The number of methoxy groups -OCH3 is 1. The first-order chi connectivity index (χ1) is 10.2. The summed E-state index contributed by atoms with van der Waals surface area (Å²) in [5.41, 5.74) is 0.724. The average Bonchev–Trinajstić information content (AvgIpc) is 2.50. The molecule has 6 heteroatoms. The van der Waals surface area contributed by atoms with Gasteiger partial charge in [0.05, 0.1) is 30.7 Å². The number of nitrogens with one attached hydrogen (secondary N) is 2. The number of rotatable bonds is 6. The summed E-state index contributed by atoms with van der Waals surface area (Å²) in [6.45, 7) is 2.45. The van der Waals surface area contributed by atoms with Gasteiger partial charge in [-0.15, -0.1) is 0 Å². The van der Waals surface area contributed by atoms with Crippen molar-refractivity contribution in [2.75, 3.05) is 32.1 Å². The highest BCUT2D eigenvalue weighted by molar-refractivity contribution is 9.10. The van der Waals surface area contributed by atoms with Crippen LogP contribution in [0.1, 0.15) is 19.3 Å². The molecular formula is C15H21BrN2O3. The lowest BCUT2D eigenvalue weighted by atomic mass is 10.1. The number of hydrogen-bond acceptors (Lipinski definition) is 4. The summed E-state index contributed by atoms with van der Waals surface area (Å²) in [5.74, 6) is 0.645. The van der Waals surface area contributed by atoms with E-state index in [1.807, 2.05) is 12.1 Å². The van der Waals surface area contributed by atoms with E-state index in [2.05, 4.69) is 26.6 Å². The summed E-state index contributed by atoms with van der Waals surface area (Å²) in [7, 11) is 1.60. The fraction of sp³-hybridized carbons (Fsp3) is 0.533. The number of hydrogen-bond donors (Lipinski definition) is 2. The minimum Gasteiger partial charge on any atom is -0.495 e. The quantitative estimate of drug-likeness (QED) is 0.822. The Kier molecular flexibility index (Phi) is 6.48. The minimum absolute atomic E-state index is 0.0479. The van der Waals surface area contributed by atoms with Gasteiger partial charge >= 0.3 is 0 Å². The van der Waals surface area contributed by atoms with Gasteiger partial charge in [-0.3, -0.25) is 4.79 Å². The third-order valence-corrected chi connectivity index (χ3v) is 4.06. The highest BCUT2D eigenvalue weighted by atomic mass is 79.9. The van der Waals surface area contributed by atoms with Crippen molar-refractivity contribution in [3.63, 3.8) is 0 Å². The molecule has 2 N–H and O–H groups in total. The fourth-order valence-electron chi connectivity index (χ4n) is 2.24. The maximum Gasteiger partial charge on any atom is 0.226 e. The van der Waals surface area contributed by atoms with Gasteiger partial charge < -0.3 is 20.1 Å². The maximum atomic E-state index is 11.9. The Morgan fingerprint density at radius 2 is 2.19 bits per heavy atom. The number of piperidine rings is 1. The molecule has 116 valence electrons. The van der Waals surface area contributed by atoms with E-state index in [1.165, 1.54) is 0 Å². The van der Waals surface area contributed by atoms with Crippen molar-refractivity contribution in [1.29, 1.82) is 0 Å². The van der Waals surface area contributed by atoms with Crippen molar-refractivity contribution < 1.29 is 14.3 Å². The van der Waals surface area contributed by atoms with Crippen LogP contribution < -0.4 is 15.4 Å². The van der Waals surface area contributed by atoms with E-state index < -0.39 is 0 Å². The van der Waals surface area contributed by atoms with Crippen molar-refractivity contribution in [2.24, 2.45) is 0 Å². The van der Waals surface area contributed by atoms with E-state index in [9.17, 15) is 4.79 Å². The number of anilines is 1. The normalized spacial score (nSPS) is 15.7. The van der Waals surface area contributed by atoms with Crippen LogP contribution in [-0.2, 0) is 9.53 Å². The molecule has 0 aliphatic carbocycles. The molecule has 0 atom stereocenters. The Hall–Kier alpha value is -1.11. The maximum absolute atomic E-state index is 11.9. The second-order valence-corrected chi connectivity index (χ2v) is 5.82. The van der Waals surface area contributed by atoms with E-state index in [-0.39, 0.29) is 12.0 Å². The third-order valence-electron chi connectivity index (χ3n) is 3.40. The molecule has 1 aliphatic rings. The molecule has 0 radical (unpaired) electrons. The lowest BCUT2D eigenvalue weighted by Gasteiger charge is -2.22. The second-order valence-electron chi connectivity index (χ2n) is 4.97. The Morgan fingerprint density at radius 3 is 2.90 bits per heavy atom. The van der Waals surface area contributed by atoms with Crippen molar-refractivity contribution in [3.05, 3.63) is 22.7 Å². The predicted molar refractivity (Wildman–Crippen MR) is 85.8 cm³/mol. The van der Waals surface area contributed by atoms with Gasteiger partial charge in [0.25, 0.3) is 0 Å². The SMILES string of the molecule is COc1cc(NC(=O)CCOC2CCNCC2)ccc1Br. The topological polar surface area (TPSA) is 59.6 Å². The van der Waals surface area contributed by atoms with Crippen LogP contribution in [0.25, 0.3) is 0 Å². The smallest absolute Gasteiger partial charge is 0.226 e. The fourth-order valence-corrected chi connectivity index (χ4v) is 2.65. The predicted octanol–water partition coefficient (Wildman–Crippen LogP) is 2.55. The first-order valence-electron chi connectivity index (χ1n) is 7.15. The van der Waals surface area contributed by atoms with E-state index in [0.29, 0.717) is 18.8 Å². The highest BCUT2D eigenvalue weighted by Crippen LogP contribution is 2.27. The van der Waals surface area contributed by atoms with Crippen LogP contribution in [0.3, 0.4) is 0 Å². The van der Waals surface area contributed by atoms with E-state index in [0.717, 1.165) is 36.1 Å². The molecule has 0 saturated carbocycles. The standard InChI is InChI=1S/C15H21BrN2O3/c1-20-14-10-11(2-3-13(14)16)18-15(19)6-9-21-12-4-7-17-8-5-12/h2-3,10,12,17H,4-9H2,1H3,(H,18,19). The number of carbonyl (C=O) groups is 1. The van der Waals surface area contributed by atoms with Gasteiger partial charge in [-0.25, -0.2) is 0 Å². The zero-order chi connectivity index (χ0) is 15.1. The van der Waals surface area contributed by atoms with Gasteiger partial charge in [0, 0.05) is 11.8 Å². The van der Waals surface area contributed by atoms with Crippen LogP contribution in [0.5, 0.6) is 5.75 Å². The van der Waals surface area contributed by atoms with Crippen LogP contribution in [0.15, 0.2) is 22.7 Å². The number of ether oxygens (including phenoxy) is 2. The summed E-state index contributed by atoms with van der Waals surface area (Å²) in [6, 6.07) is 5.47. The molecule has 1 aromatic rings. The zero-order valence-electron chi connectivity index (χ0n) is 12.2. The number of carbonyl (C=O) groups excluding carboxylic acids is 1. The molecule has 1 heterocycles. The molecule has 1 saturated heterocycles. The summed E-state index contributed by atoms with van der Waals surface area (Å²) >= 11 is 3.38. The van der Waals surface area contributed by atoms with Gasteiger partial charge in [0.15, 0.2) is 0 Å².